The number of hydrogen-bond acceptors (Lipinski definition) is 3. The molecule has 2 rings (SSSR count). The first-order valence-electron chi connectivity index (χ1n) is 8.70. The van der Waals surface area contributed by atoms with E-state index in [-0.39, 0.29) is 17.5 Å². The second kappa shape index (κ2) is 7.10. The van der Waals surface area contributed by atoms with E-state index in [0.29, 0.717) is 6.04 Å². The van der Waals surface area contributed by atoms with Crippen LogP contribution in [0, 0.1) is 5.92 Å². The van der Waals surface area contributed by atoms with Crippen LogP contribution in [0.25, 0.3) is 0 Å². The number of piperidine rings is 1. The van der Waals surface area contributed by atoms with Crippen LogP contribution >= 0.6 is 0 Å². The highest BCUT2D eigenvalue weighted by atomic mass is 16.2. The minimum Gasteiger partial charge on any atom is -0.350 e. The molecule has 1 atom stereocenters. The van der Waals surface area contributed by atoms with Gasteiger partial charge in [0.1, 0.15) is 0 Å². The van der Waals surface area contributed by atoms with E-state index in [1.807, 2.05) is 6.92 Å². The molecule has 0 spiro atoms. The van der Waals surface area contributed by atoms with Gasteiger partial charge in [-0.05, 0) is 65.3 Å². The summed E-state index contributed by atoms with van der Waals surface area (Å²) in [6.45, 7) is 11.6. The van der Waals surface area contributed by atoms with E-state index in [0.717, 1.165) is 25.4 Å². The van der Waals surface area contributed by atoms with Crippen LogP contribution in [-0.4, -0.2) is 48.1 Å². The summed E-state index contributed by atoms with van der Waals surface area (Å²) < 4.78 is 0. The van der Waals surface area contributed by atoms with E-state index >= 15 is 0 Å². The van der Waals surface area contributed by atoms with Gasteiger partial charge >= 0.3 is 0 Å². The Kier molecular flexibility index (Phi) is 5.67. The van der Waals surface area contributed by atoms with Crippen LogP contribution in [0.2, 0.25) is 0 Å². The number of rotatable bonds is 7. The van der Waals surface area contributed by atoms with E-state index in [4.69, 9.17) is 0 Å². The SMILES string of the molecule is CCC(C)(C)NC(=O)C(C)N1CCC(NCC2CC2)CC1. The van der Waals surface area contributed by atoms with Crippen molar-refractivity contribution < 1.29 is 4.79 Å². The Balaban J connectivity index is 1.71. The predicted octanol–water partition coefficient (Wildman–Crippen LogP) is 2.14. The standard InChI is InChI=1S/C17H33N3O/c1-5-17(3,4)19-16(21)13(2)20-10-8-15(9-11-20)18-12-14-6-7-14/h13-15,18H,5-12H2,1-4H3,(H,19,21). The number of nitrogens with one attached hydrogen (secondary N) is 2. The predicted molar refractivity (Wildman–Crippen MR) is 87.3 cm³/mol. The van der Waals surface area contributed by atoms with Crippen LogP contribution in [0.5, 0.6) is 0 Å². The van der Waals surface area contributed by atoms with E-state index in [9.17, 15) is 4.79 Å². The van der Waals surface area contributed by atoms with Crippen molar-refractivity contribution >= 4 is 5.91 Å². The number of hydrogen-bond donors (Lipinski definition) is 2. The summed E-state index contributed by atoms with van der Waals surface area (Å²) in [6, 6.07) is 0.643. The monoisotopic (exact) mass is 295 g/mol. The highest BCUT2D eigenvalue weighted by Crippen LogP contribution is 2.28. The Labute approximate surface area is 130 Å². The van der Waals surface area contributed by atoms with Crippen LogP contribution in [0.3, 0.4) is 0 Å². The van der Waals surface area contributed by atoms with E-state index in [2.05, 4.69) is 36.3 Å². The topological polar surface area (TPSA) is 44.4 Å². The van der Waals surface area contributed by atoms with Crippen LogP contribution in [0.15, 0.2) is 0 Å². The van der Waals surface area contributed by atoms with Gasteiger partial charge in [0.15, 0.2) is 0 Å². The molecule has 2 aliphatic rings. The summed E-state index contributed by atoms with van der Waals surface area (Å²) in [4.78, 5) is 14.7. The number of amides is 1. The molecule has 0 bridgehead atoms. The van der Waals surface area contributed by atoms with Gasteiger partial charge in [-0.25, -0.2) is 0 Å². The summed E-state index contributed by atoms with van der Waals surface area (Å²) in [5, 5.41) is 6.86. The minimum atomic E-state index is -0.102. The summed E-state index contributed by atoms with van der Waals surface area (Å²) in [7, 11) is 0. The lowest BCUT2D eigenvalue weighted by Gasteiger charge is -2.37. The van der Waals surface area contributed by atoms with Crippen molar-refractivity contribution in [1.82, 2.24) is 15.5 Å². The zero-order valence-electron chi connectivity index (χ0n) is 14.2. The van der Waals surface area contributed by atoms with Gasteiger partial charge in [0.2, 0.25) is 5.91 Å². The molecule has 1 amide bonds. The molecule has 1 unspecified atom stereocenters. The Morgan fingerprint density at radius 1 is 1.24 bits per heavy atom. The van der Waals surface area contributed by atoms with Crippen molar-refractivity contribution in [2.75, 3.05) is 19.6 Å². The van der Waals surface area contributed by atoms with E-state index in [1.54, 1.807) is 0 Å². The molecule has 2 N–H and O–H groups in total. The third-order valence-electron chi connectivity index (χ3n) is 5.19. The fourth-order valence-electron chi connectivity index (χ4n) is 2.84. The Morgan fingerprint density at radius 3 is 2.38 bits per heavy atom. The van der Waals surface area contributed by atoms with E-state index in [1.165, 1.54) is 32.2 Å². The fourth-order valence-corrected chi connectivity index (χ4v) is 2.84. The summed E-state index contributed by atoms with van der Waals surface area (Å²) in [5.74, 6) is 1.12. The largest absolute Gasteiger partial charge is 0.350 e. The first-order valence-corrected chi connectivity index (χ1v) is 8.70. The molecule has 1 saturated heterocycles. The Hall–Kier alpha value is -0.610. The lowest BCUT2D eigenvalue weighted by atomic mass is 10.00. The van der Waals surface area contributed by atoms with Crippen molar-refractivity contribution in [1.29, 1.82) is 0 Å². The molecule has 21 heavy (non-hydrogen) atoms. The Morgan fingerprint density at radius 2 is 1.86 bits per heavy atom. The van der Waals surface area contributed by atoms with Crippen molar-refractivity contribution in [3.8, 4) is 0 Å². The summed E-state index contributed by atoms with van der Waals surface area (Å²) in [5.41, 5.74) is -0.102. The maximum Gasteiger partial charge on any atom is 0.237 e. The summed E-state index contributed by atoms with van der Waals surface area (Å²) in [6.07, 6.45) is 6.12. The normalized spacial score (nSPS) is 23.0. The molecule has 0 aromatic heterocycles. The maximum absolute atomic E-state index is 12.4. The number of likely N-dealkylation sites (tertiary alicyclic amines) is 1. The van der Waals surface area contributed by atoms with Crippen LogP contribution in [0.1, 0.15) is 59.8 Å². The third kappa shape index (κ3) is 5.26. The van der Waals surface area contributed by atoms with Gasteiger partial charge < -0.3 is 10.6 Å². The first kappa shape index (κ1) is 16.8. The molecule has 4 nitrogen and oxygen atoms in total. The molecule has 122 valence electrons. The van der Waals surface area contributed by atoms with Crippen molar-refractivity contribution in [3.63, 3.8) is 0 Å². The second-order valence-corrected chi connectivity index (χ2v) is 7.56. The van der Waals surface area contributed by atoms with Gasteiger partial charge in [-0.15, -0.1) is 0 Å². The molecule has 0 radical (unpaired) electrons. The molecular formula is C17H33N3O. The van der Waals surface area contributed by atoms with Crippen molar-refractivity contribution in [3.05, 3.63) is 0 Å². The molecule has 1 aliphatic heterocycles. The highest BCUT2D eigenvalue weighted by Gasteiger charge is 2.29. The smallest absolute Gasteiger partial charge is 0.237 e. The quantitative estimate of drug-likeness (QED) is 0.756. The summed E-state index contributed by atoms with van der Waals surface area (Å²) >= 11 is 0. The van der Waals surface area contributed by atoms with Crippen molar-refractivity contribution in [2.45, 2.75) is 77.4 Å². The van der Waals surface area contributed by atoms with Crippen LogP contribution < -0.4 is 10.6 Å². The lowest BCUT2D eigenvalue weighted by molar-refractivity contribution is -0.128. The zero-order chi connectivity index (χ0) is 15.5. The van der Waals surface area contributed by atoms with Gasteiger partial charge in [-0.3, -0.25) is 9.69 Å². The zero-order valence-corrected chi connectivity index (χ0v) is 14.2. The first-order chi connectivity index (χ1) is 9.91. The molecule has 1 heterocycles. The minimum absolute atomic E-state index is 0.0137. The Bertz CT molecular complexity index is 344. The fraction of sp³-hybridized carbons (Fsp3) is 0.941. The molecular weight excluding hydrogens is 262 g/mol. The van der Waals surface area contributed by atoms with Crippen molar-refractivity contribution in [2.24, 2.45) is 5.92 Å². The van der Waals surface area contributed by atoms with E-state index < -0.39 is 0 Å². The number of carbonyl (C=O) groups excluding carboxylic acids is 1. The highest BCUT2D eigenvalue weighted by molar-refractivity contribution is 5.82. The maximum atomic E-state index is 12.4. The van der Waals surface area contributed by atoms with Crippen LogP contribution in [-0.2, 0) is 4.79 Å². The number of nitrogens with zero attached hydrogens (tertiary/aromatic N) is 1. The molecule has 4 heteroatoms. The van der Waals surface area contributed by atoms with Gasteiger partial charge in [0.05, 0.1) is 6.04 Å². The molecule has 2 fully saturated rings. The molecule has 1 aliphatic carbocycles. The third-order valence-corrected chi connectivity index (χ3v) is 5.19. The van der Waals surface area contributed by atoms with Gasteiger partial charge in [0, 0.05) is 24.7 Å². The van der Waals surface area contributed by atoms with Gasteiger partial charge in [-0.1, -0.05) is 6.92 Å². The van der Waals surface area contributed by atoms with Crippen LogP contribution in [0.4, 0.5) is 0 Å². The average Bonchev–Trinajstić information content (AvgIpc) is 3.28. The lowest BCUT2D eigenvalue weighted by Crippen LogP contribution is -2.54. The molecule has 0 aromatic carbocycles. The van der Waals surface area contributed by atoms with Gasteiger partial charge in [0.25, 0.3) is 0 Å². The number of carbonyl (C=O) groups is 1. The van der Waals surface area contributed by atoms with Gasteiger partial charge in [-0.2, -0.15) is 0 Å². The average molecular weight is 295 g/mol. The second-order valence-electron chi connectivity index (χ2n) is 7.56. The molecule has 1 saturated carbocycles. The molecule has 0 aromatic rings.